The zero-order chi connectivity index (χ0) is 27.9. The van der Waals surface area contributed by atoms with Gasteiger partial charge in [-0.2, -0.15) is 0 Å². The lowest BCUT2D eigenvalue weighted by Gasteiger charge is -2.33. The number of esters is 1. The Bertz CT molecular complexity index is 1150. The predicted molar refractivity (Wildman–Crippen MR) is 145 cm³/mol. The Morgan fingerprint density at radius 1 is 1.03 bits per heavy atom. The molecule has 38 heavy (non-hydrogen) atoms. The molecule has 0 bridgehead atoms. The van der Waals surface area contributed by atoms with E-state index in [2.05, 4.69) is 20.9 Å². The molecule has 0 spiro atoms. The molecule has 0 saturated carbocycles. The van der Waals surface area contributed by atoms with Crippen molar-refractivity contribution in [1.82, 2.24) is 20.9 Å². The maximum atomic E-state index is 12.9. The summed E-state index contributed by atoms with van der Waals surface area (Å²) in [6, 6.07) is 6.34. The molecule has 208 valence electrons. The van der Waals surface area contributed by atoms with E-state index in [9.17, 15) is 19.2 Å². The van der Waals surface area contributed by atoms with E-state index in [-0.39, 0.29) is 37.0 Å². The van der Waals surface area contributed by atoms with Crippen molar-refractivity contribution >= 4 is 34.6 Å². The van der Waals surface area contributed by atoms with Crippen LogP contribution in [0, 0.1) is 0 Å². The van der Waals surface area contributed by atoms with E-state index < -0.39 is 29.3 Å². The second-order valence-electron chi connectivity index (χ2n) is 11.1. The lowest BCUT2D eigenvalue weighted by atomic mass is 9.96. The minimum absolute atomic E-state index is 0.0554. The van der Waals surface area contributed by atoms with Gasteiger partial charge in [0.2, 0.25) is 17.7 Å². The first kappa shape index (κ1) is 29.2. The first-order valence-electron chi connectivity index (χ1n) is 13.4. The highest BCUT2D eigenvalue weighted by atomic mass is 16.6. The summed E-state index contributed by atoms with van der Waals surface area (Å²) in [5, 5.41) is 9.29. The van der Waals surface area contributed by atoms with Gasteiger partial charge in [0.25, 0.3) is 0 Å². The van der Waals surface area contributed by atoms with Crippen LogP contribution in [0.15, 0.2) is 30.5 Å². The standard InChI is InChI=1S/C28H41N5O5/c1-5-6-7-14-23(34)33-28(29,26(37)38-27(2,3)4)15-10-13-21-24(35)32-22(25(36)31-21)16-18-17-30-20-12-9-8-11-19(18)20/h8-9,11-12,17,21-22,30H,5-7,10,13-16,29H2,1-4H3,(H,31,36)(H,32,35)(H,33,34)/t21-,22+,28?/m0/s1. The molecule has 6 N–H and O–H groups in total. The highest BCUT2D eigenvalue weighted by Crippen LogP contribution is 2.21. The smallest absolute Gasteiger partial charge is 0.347 e. The lowest BCUT2D eigenvalue weighted by Crippen LogP contribution is -2.64. The minimum Gasteiger partial charge on any atom is -0.457 e. The monoisotopic (exact) mass is 527 g/mol. The van der Waals surface area contributed by atoms with Crippen molar-refractivity contribution in [2.24, 2.45) is 5.73 Å². The zero-order valence-electron chi connectivity index (χ0n) is 22.8. The van der Waals surface area contributed by atoms with Crippen LogP contribution < -0.4 is 21.7 Å². The topological polar surface area (TPSA) is 155 Å². The van der Waals surface area contributed by atoms with Gasteiger partial charge in [-0.3, -0.25) is 20.1 Å². The summed E-state index contributed by atoms with van der Waals surface area (Å²) in [4.78, 5) is 54.2. The van der Waals surface area contributed by atoms with Crippen LogP contribution in [0.5, 0.6) is 0 Å². The summed E-state index contributed by atoms with van der Waals surface area (Å²) in [6.45, 7) is 7.21. The number of para-hydroxylation sites is 1. The molecule has 1 fully saturated rings. The molecule has 10 heteroatoms. The molecule has 2 heterocycles. The van der Waals surface area contributed by atoms with Crippen LogP contribution in [0.3, 0.4) is 0 Å². The Balaban J connectivity index is 1.58. The average molecular weight is 528 g/mol. The van der Waals surface area contributed by atoms with Crippen molar-refractivity contribution in [3.8, 4) is 0 Å². The zero-order valence-corrected chi connectivity index (χ0v) is 22.8. The number of fused-ring (bicyclic) bond motifs is 1. The summed E-state index contributed by atoms with van der Waals surface area (Å²) in [7, 11) is 0. The normalized spacial score (nSPS) is 19.4. The number of aromatic nitrogens is 1. The second-order valence-corrected chi connectivity index (χ2v) is 11.1. The number of amides is 3. The predicted octanol–water partition coefficient (Wildman–Crippen LogP) is 2.56. The first-order chi connectivity index (χ1) is 17.9. The van der Waals surface area contributed by atoms with E-state index >= 15 is 0 Å². The van der Waals surface area contributed by atoms with E-state index in [1.165, 1.54) is 0 Å². The van der Waals surface area contributed by atoms with Gasteiger partial charge in [0, 0.05) is 29.9 Å². The summed E-state index contributed by atoms with van der Waals surface area (Å²) < 4.78 is 5.47. The average Bonchev–Trinajstić information content (AvgIpc) is 3.24. The number of H-pyrrole nitrogens is 1. The summed E-state index contributed by atoms with van der Waals surface area (Å²) in [5.41, 5.74) is 5.77. The van der Waals surface area contributed by atoms with Crippen molar-refractivity contribution in [2.75, 3.05) is 0 Å². The third kappa shape index (κ3) is 7.80. The Labute approximate surface area is 223 Å². The quantitative estimate of drug-likeness (QED) is 0.162. The van der Waals surface area contributed by atoms with Crippen molar-refractivity contribution < 1.29 is 23.9 Å². The number of aromatic amines is 1. The number of rotatable bonds is 12. The number of benzene rings is 1. The van der Waals surface area contributed by atoms with Gasteiger partial charge in [-0.15, -0.1) is 0 Å². The van der Waals surface area contributed by atoms with Crippen LogP contribution in [0.2, 0.25) is 0 Å². The third-order valence-electron chi connectivity index (χ3n) is 6.56. The molecule has 10 nitrogen and oxygen atoms in total. The summed E-state index contributed by atoms with van der Waals surface area (Å²) in [6.07, 6.45) is 5.64. The number of piperazine rings is 1. The van der Waals surface area contributed by atoms with Crippen molar-refractivity contribution in [3.63, 3.8) is 0 Å². The Kier molecular flexibility index (Phi) is 9.54. The third-order valence-corrected chi connectivity index (χ3v) is 6.56. The van der Waals surface area contributed by atoms with Crippen molar-refractivity contribution in [3.05, 3.63) is 36.0 Å². The maximum absolute atomic E-state index is 12.9. The summed E-state index contributed by atoms with van der Waals surface area (Å²) >= 11 is 0. The SMILES string of the molecule is CCCCCC(=O)NC(N)(CCC[C@@H]1NC(=O)[C@@H](Cc2c[nH]c3ccccc23)NC1=O)C(=O)OC(C)(C)C. The van der Waals surface area contributed by atoms with Crippen LogP contribution in [0.25, 0.3) is 10.9 Å². The van der Waals surface area contributed by atoms with E-state index in [1.54, 1.807) is 20.8 Å². The van der Waals surface area contributed by atoms with Gasteiger partial charge in [0.05, 0.1) is 0 Å². The Morgan fingerprint density at radius 3 is 2.42 bits per heavy atom. The lowest BCUT2D eigenvalue weighted by molar-refractivity contribution is -0.165. The minimum atomic E-state index is -1.73. The van der Waals surface area contributed by atoms with Gasteiger partial charge in [0.15, 0.2) is 5.66 Å². The number of nitrogens with one attached hydrogen (secondary N) is 4. The van der Waals surface area contributed by atoms with E-state index in [1.807, 2.05) is 37.4 Å². The van der Waals surface area contributed by atoms with Gasteiger partial charge in [-0.05, 0) is 58.1 Å². The molecule has 1 unspecified atom stereocenters. The van der Waals surface area contributed by atoms with Crippen LogP contribution >= 0.6 is 0 Å². The molecule has 3 atom stereocenters. The number of nitrogens with two attached hydrogens (primary N) is 1. The number of carbonyl (C=O) groups is 4. The fraction of sp³-hybridized carbons (Fsp3) is 0.571. The molecule has 0 aliphatic carbocycles. The van der Waals surface area contributed by atoms with Crippen molar-refractivity contribution in [1.29, 1.82) is 0 Å². The number of ether oxygens (including phenoxy) is 1. The molecule has 1 aliphatic rings. The highest BCUT2D eigenvalue weighted by Gasteiger charge is 2.40. The molecule has 0 radical (unpaired) electrons. The largest absolute Gasteiger partial charge is 0.457 e. The van der Waals surface area contributed by atoms with E-state index in [4.69, 9.17) is 10.5 Å². The van der Waals surface area contributed by atoms with Gasteiger partial charge in [0.1, 0.15) is 17.7 Å². The Hall–Kier alpha value is -3.40. The van der Waals surface area contributed by atoms with Gasteiger partial charge >= 0.3 is 5.97 Å². The molecule has 1 aromatic heterocycles. The molecule has 3 amide bonds. The summed E-state index contributed by atoms with van der Waals surface area (Å²) in [5.74, 6) is -1.62. The fourth-order valence-electron chi connectivity index (χ4n) is 4.56. The van der Waals surface area contributed by atoms with E-state index in [0.29, 0.717) is 19.3 Å². The number of hydrogen-bond acceptors (Lipinski definition) is 6. The molecule has 1 saturated heterocycles. The van der Waals surface area contributed by atoms with E-state index in [0.717, 1.165) is 29.3 Å². The molecular weight excluding hydrogens is 486 g/mol. The van der Waals surface area contributed by atoms with Crippen molar-refractivity contribution in [2.45, 2.75) is 102 Å². The van der Waals surface area contributed by atoms with Crippen LogP contribution in [-0.2, 0) is 30.3 Å². The van der Waals surface area contributed by atoms with Crippen LogP contribution in [0.4, 0.5) is 0 Å². The van der Waals surface area contributed by atoms with Crippen LogP contribution in [0.1, 0.15) is 78.2 Å². The Morgan fingerprint density at radius 2 is 1.71 bits per heavy atom. The molecule has 1 aliphatic heterocycles. The fourth-order valence-corrected chi connectivity index (χ4v) is 4.56. The molecule has 3 rings (SSSR count). The number of carbonyl (C=O) groups excluding carboxylic acids is 4. The first-order valence-corrected chi connectivity index (χ1v) is 13.4. The van der Waals surface area contributed by atoms with Gasteiger partial charge in [-0.1, -0.05) is 38.0 Å². The number of unbranched alkanes of at least 4 members (excludes halogenated alkanes) is 2. The molecular formula is C28H41N5O5. The maximum Gasteiger partial charge on any atom is 0.347 e. The molecule has 2 aromatic rings. The van der Waals surface area contributed by atoms with Crippen LogP contribution in [-0.4, -0.2) is 52.0 Å². The highest BCUT2D eigenvalue weighted by molar-refractivity contribution is 5.97. The number of hydrogen-bond donors (Lipinski definition) is 5. The second kappa shape index (κ2) is 12.4. The van der Waals surface area contributed by atoms with Gasteiger partial charge < -0.3 is 25.7 Å². The van der Waals surface area contributed by atoms with Gasteiger partial charge in [-0.25, -0.2) is 4.79 Å². The molecule has 1 aromatic carbocycles.